The van der Waals surface area contributed by atoms with Crippen LogP contribution in [0.15, 0.2) is 66.1 Å². The van der Waals surface area contributed by atoms with Crippen LogP contribution in [0, 0.1) is 34.9 Å². The van der Waals surface area contributed by atoms with Crippen LogP contribution in [0.2, 0.25) is 0 Å². The molecule has 3 heterocycles. The number of benzene rings is 2. The number of amides is 2. The number of carbonyl (C=O) groups excluding carboxylic acids is 2. The number of sulfone groups is 1. The number of ether oxygens (including phenoxy) is 1. The van der Waals surface area contributed by atoms with Gasteiger partial charge in [-0.15, -0.1) is 0 Å². The molecule has 3 saturated heterocycles. The Morgan fingerprint density at radius 1 is 1.08 bits per heavy atom. The molecule has 10 nitrogen and oxygen atoms in total. The number of carbonyl (C=O) groups is 2. The Labute approximate surface area is 282 Å². The summed E-state index contributed by atoms with van der Waals surface area (Å²) in [6.45, 7) is 8.18. The normalized spacial score (nSPS) is 23.8. The van der Waals surface area contributed by atoms with E-state index in [-0.39, 0.29) is 41.5 Å². The molecular formula is C36H44FN5O5S. The predicted molar refractivity (Wildman–Crippen MR) is 179 cm³/mol. The molecule has 2 aromatic carbocycles. The molecule has 0 aromatic heterocycles. The largest absolute Gasteiger partial charge is 0.446 e. The van der Waals surface area contributed by atoms with E-state index in [1.54, 1.807) is 18.2 Å². The number of likely N-dealkylation sites (tertiary alicyclic amines) is 2. The number of nitrogens with one attached hydrogen (secondary N) is 1. The fraction of sp³-hybridized carbons (Fsp3) is 0.528. The van der Waals surface area contributed by atoms with Crippen molar-refractivity contribution in [2.24, 2.45) is 17.8 Å². The number of rotatable bonds is 10. The zero-order valence-corrected chi connectivity index (χ0v) is 28.2. The lowest BCUT2D eigenvalue weighted by molar-refractivity contribution is -0.129. The molecule has 3 atom stereocenters. The summed E-state index contributed by atoms with van der Waals surface area (Å²) in [4.78, 5) is 30.4. The van der Waals surface area contributed by atoms with Crippen molar-refractivity contribution >= 4 is 27.5 Å². The molecule has 0 spiro atoms. The van der Waals surface area contributed by atoms with Gasteiger partial charge < -0.3 is 24.8 Å². The second kappa shape index (κ2) is 13.9. The smallest absolute Gasteiger partial charge is 0.407 e. The van der Waals surface area contributed by atoms with Gasteiger partial charge in [-0.1, -0.05) is 18.7 Å². The number of hydrogen-bond acceptors (Lipinski definition) is 8. The molecule has 0 bridgehead atoms. The van der Waals surface area contributed by atoms with Gasteiger partial charge in [0.15, 0.2) is 9.84 Å². The lowest BCUT2D eigenvalue weighted by Crippen LogP contribution is -2.56. The van der Waals surface area contributed by atoms with Crippen molar-refractivity contribution in [1.29, 1.82) is 5.26 Å². The summed E-state index contributed by atoms with van der Waals surface area (Å²) in [5.74, 6) is -0.372. The SMILES string of the molecule is C=CC(=O)N1CC(S(=O)(=O)c2ccc(N3CC(CN4CCC([C@](C#N)(c5cccc(F)c5)C5CCCC5OC(=O)NC)CC4)C3)cc2)C1. The first-order chi connectivity index (χ1) is 23.1. The maximum absolute atomic E-state index is 14.6. The highest BCUT2D eigenvalue weighted by Gasteiger charge is 2.53. The molecule has 1 aliphatic carbocycles. The summed E-state index contributed by atoms with van der Waals surface area (Å²) in [6.07, 6.45) is 4.15. The second-order valence-electron chi connectivity index (χ2n) is 13.7. The van der Waals surface area contributed by atoms with Crippen LogP contribution in [0.1, 0.15) is 37.7 Å². The Balaban J connectivity index is 1.05. The number of anilines is 1. The molecule has 1 saturated carbocycles. The number of piperidine rings is 1. The maximum atomic E-state index is 14.6. The quantitative estimate of drug-likeness (QED) is 0.373. The topological polar surface area (TPSA) is 123 Å². The van der Waals surface area contributed by atoms with E-state index < -0.39 is 32.7 Å². The van der Waals surface area contributed by atoms with E-state index in [4.69, 9.17) is 4.74 Å². The van der Waals surface area contributed by atoms with E-state index in [2.05, 4.69) is 27.8 Å². The summed E-state index contributed by atoms with van der Waals surface area (Å²) in [5, 5.41) is 12.8. The number of hydrogen-bond donors (Lipinski definition) is 1. The van der Waals surface area contributed by atoms with Crippen molar-refractivity contribution in [3.8, 4) is 6.07 Å². The Morgan fingerprint density at radius 3 is 2.42 bits per heavy atom. The molecular weight excluding hydrogens is 633 g/mol. The standard InChI is InChI=1S/C36H44FN5O5S/c1-3-34(43)42-22-31(23-42)48(45,46)30-12-10-29(11-13-30)41-20-25(21-41)19-40-16-14-26(15-17-40)36(24-38,27-6-4-7-28(37)18-27)32-8-5-9-33(32)47-35(44)39-2/h3-4,6-7,10-13,18,25-26,31-33H,1,5,8-9,14-17,19-23H2,2H3,(H,39,44)/t32?,33?,36-/m1/s1. The van der Waals surface area contributed by atoms with Crippen LogP contribution in [0.3, 0.4) is 0 Å². The Kier molecular flexibility index (Phi) is 9.81. The van der Waals surface area contributed by atoms with Gasteiger partial charge in [0.05, 0.1) is 16.4 Å². The van der Waals surface area contributed by atoms with Gasteiger partial charge in [0.1, 0.15) is 17.2 Å². The molecule has 12 heteroatoms. The van der Waals surface area contributed by atoms with Crippen LogP contribution in [0.25, 0.3) is 0 Å². The Hall–Kier alpha value is -3.95. The van der Waals surface area contributed by atoms with Crippen molar-refractivity contribution in [1.82, 2.24) is 15.1 Å². The summed E-state index contributed by atoms with van der Waals surface area (Å²) < 4.78 is 46.4. The maximum Gasteiger partial charge on any atom is 0.407 e. The molecule has 4 aliphatic rings. The third-order valence-corrected chi connectivity index (χ3v) is 13.1. The zero-order valence-electron chi connectivity index (χ0n) is 27.4. The lowest BCUT2D eigenvalue weighted by atomic mass is 9.59. The van der Waals surface area contributed by atoms with Crippen molar-refractivity contribution in [3.05, 3.63) is 72.6 Å². The van der Waals surface area contributed by atoms with Crippen LogP contribution < -0.4 is 10.2 Å². The first kappa shape index (κ1) is 33.9. The average Bonchev–Trinajstić information content (AvgIpc) is 3.51. The van der Waals surface area contributed by atoms with Crippen LogP contribution in [0.5, 0.6) is 0 Å². The van der Waals surface area contributed by atoms with E-state index in [9.17, 15) is 27.7 Å². The molecule has 1 N–H and O–H groups in total. The molecule has 48 heavy (non-hydrogen) atoms. The average molecular weight is 678 g/mol. The predicted octanol–water partition coefficient (Wildman–Crippen LogP) is 4.13. The summed E-state index contributed by atoms with van der Waals surface area (Å²) in [6, 6.07) is 16.1. The molecule has 4 fully saturated rings. The molecule has 3 aliphatic heterocycles. The lowest BCUT2D eigenvalue weighted by Gasteiger charge is -2.48. The first-order valence-corrected chi connectivity index (χ1v) is 18.4. The molecule has 256 valence electrons. The molecule has 2 amide bonds. The highest BCUT2D eigenvalue weighted by Crippen LogP contribution is 2.51. The summed E-state index contributed by atoms with van der Waals surface area (Å²) in [5.41, 5.74) is 0.698. The zero-order chi connectivity index (χ0) is 34.1. The monoisotopic (exact) mass is 677 g/mol. The van der Waals surface area contributed by atoms with E-state index in [0.29, 0.717) is 17.9 Å². The van der Waals surface area contributed by atoms with Crippen molar-refractivity contribution in [2.75, 3.05) is 57.8 Å². The van der Waals surface area contributed by atoms with E-state index in [1.165, 1.54) is 30.2 Å². The van der Waals surface area contributed by atoms with Crippen LogP contribution >= 0.6 is 0 Å². The third-order valence-electron chi connectivity index (χ3n) is 11.0. The van der Waals surface area contributed by atoms with E-state index >= 15 is 0 Å². The molecule has 2 aromatic rings. The number of nitrogens with zero attached hydrogens (tertiary/aromatic N) is 4. The van der Waals surface area contributed by atoms with Gasteiger partial charge in [-0.05, 0) is 99.1 Å². The van der Waals surface area contributed by atoms with Crippen LogP contribution in [0.4, 0.5) is 14.9 Å². The van der Waals surface area contributed by atoms with Gasteiger partial charge in [0.25, 0.3) is 0 Å². The number of alkyl carbamates (subject to hydrolysis) is 1. The fourth-order valence-electron chi connectivity index (χ4n) is 8.34. The van der Waals surface area contributed by atoms with Crippen molar-refractivity contribution in [2.45, 2.75) is 53.8 Å². The van der Waals surface area contributed by atoms with E-state index in [0.717, 1.165) is 64.1 Å². The van der Waals surface area contributed by atoms with Crippen LogP contribution in [-0.2, 0) is 24.8 Å². The summed E-state index contributed by atoms with van der Waals surface area (Å²) >= 11 is 0. The van der Waals surface area contributed by atoms with E-state index in [1.807, 2.05) is 18.2 Å². The van der Waals surface area contributed by atoms with Gasteiger partial charge >= 0.3 is 6.09 Å². The number of halogens is 1. The summed E-state index contributed by atoms with van der Waals surface area (Å²) in [7, 11) is -1.98. The van der Waals surface area contributed by atoms with Gasteiger partial charge in [0, 0.05) is 57.3 Å². The first-order valence-electron chi connectivity index (χ1n) is 16.9. The van der Waals surface area contributed by atoms with Gasteiger partial charge in [-0.3, -0.25) is 4.79 Å². The molecule has 0 radical (unpaired) electrons. The highest BCUT2D eigenvalue weighted by molar-refractivity contribution is 7.92. The highest BCUT2D eigenvalue weighted by atomic mass is 32.2. The van der Waals surface area contributed by atoms with Gasteiger partial charge in [0.2, 0.25) is 5.91 Å². The Bertz CT molecular complexity index is 1660. The molecule has 6 rings (SSSR count). The van der Waals surface area contributed by atoms with Crippen molar-refractivity contribution in [3.63, 3.8) is 0 Å². The minimum absolute atomic E-state index is 0.00222. The van der Waals surface area contributed by atoms with Gasteiger partial charge in [-0.2, -0.15) is 5.26 Å². The molecule has 2 unspecified atom stereocenters. The minimum atomic E-state index is -3.51. The second-order valence-corrected chi connectivity index (χ2v) is 15.9. The van der Waals surface area contributed by atoms with Gasteiger partial charge in [-0.25, -0.2) is 17.6 Å². The number of nitriles is 1. The minimum Gasteiger partial charge on any atom is -0.446 e. The van der Waals surface area contributed by atoms with Crippen LogP contribution in [-0.4, -0.2) is 94.4 Å². The third kappa shape index (κ3) is 6.42. The Morgan fingerprint density at radius 2 is 1.79 bits per heavy atom. The fourth-order valence-corrected chi connectivity index (χ4v) is 9.99. The van der Waals surface area contributed by atoms with Crippen molar-refractivity contribution < 1.29 is 27.1 Å².